The number of hydrogen-bond acceptors (Lipinski definition) is 1. The van der Waals surface area contributed by atoms with Crippen molar-refractivity contribution in [1.82, 2.24) is 5.32 Å². The zero-order chi connectivity index (χ0) is 13.5. The fraction of sp³-hybridized carbons (Fsp3) is 0.556. The van der Waals surface area contributed by atoms with E-state index in [-0.39, 0.29) is 0 Å². The van der Waals surface area contributed by atoms with Gasteiger partial charge in [-0.25, -0.2) is 0 Å². The molecule has 104 valence electrons. The Balaban J connectivity index is 1.87. The van der Waals surface area contributed by atoms with Crippen LogP contribution in [-0.2, 0) is 6.42 Å². The minimum Gasteiger partial charge on any atom is -0.308 e. The van der Waals surface area contributed by atoms with Crippen LogP contribution in [0.5, 0.6) is 0 Å². The van der Waals surface area contributed by atoms with E-state index < -0.39 is 0 Å². The molecule has 1 aliphatic rings. The van der Waals surface area contributed by atoms with Gasteiger partial charge in [0.15, 0.2) is 0 Å². The van der Waals surface area contributed by atoms with Crippen LogP contribution in [0.4, 0.5) is 0 Å². The van der Waals surface area contributed by atoms with Crippen LogP contribution in [-0.4, -0.2) is 12.1 Å². The fourth-order valence-electron chi connectivity index (χ4n) is 2.73. The first-order valence-electron chi connectivity index (χ1n) is 7.81. The van der Waals surface area contributed by atoms with E-state index >= 15 is 0 Å². The first-order valence-corrected chi connectivity index (χ1v) is 7.81. The topological polar surface area (TPSA) is 12.0 Å². The van der Waals surface area contributed by atoms with Gasteiger partial charge in [-0.05, 0) is 43.7 Å². The summed E-state index contributed by atoms with van der Waals surface area (Å²) in [5, 5.41) is 3.64. The van der Waals surface area contributed by atoms with E-state index in [0.717, 1.165) is 0 Å². The molecule has 0 amide bonds. The molecule has 0 aromatic heterocycles. The van der Waals surface area contributed by atoms with Crippen molar-refractivity contribution >= 4 is 6.08 Å². The van der Waals surface area contributed by atoms with Crippen molar-refractivity contribution < 1.29 is 0 Å². The minimum absolute atomic E-state index is 0.559. The molecule has 0 aliphatic carbocycles. The number of benzene rings is 1. The average molecular weight is 257 g/mol. The SMILES string of the molecule is CCCCc1ccc(/C=C/C2CCCC(C)N2)cc1. The van der Waals surface area contributed by atoms with Crippen molar-refractivity contribution in [3.63, 3.8) is 0 Å². The van der Waals surface area contributed by atoms with Crippen molar-refractivity contribution in [3.05, 3.63) is 41.5 Å². The highest BCUT2D eigenvalue weighted by Crippen LogP contribution is 2.15. The summed E-state index contributed by atoms with van der Waals surface area (Å²) in [6.45, 7) is 4.53. The summed E-state index contributed by atoms with van der Waals surface area (Å²) in [7, 11) is 0. The molecule has 2 rings (SSSR count). The largest absolute Gasteiger partial charge is 0.308 e. The van der Waals surface area contributed by atoms with Crippen LogP contribution in [0.3, 0.4) is 0 Å². The predicted molar refractivity (Wildman–Crippen MR) is 84.3 cm³/mol. The van der Waals surface area contributed by atoms with E-state index in [4.69, 9.17) is 0 Å². The Bertz CT molecular complexity index is 391. The Kier molecular flexibility index (Phi) is 5.65. The van der Waals surface area contributed by atoms with Gasteiger partial charge in [0.2, 0.25) is 0 Å². The maximum Gasteiger partial charge on any atom is 0.0255 e. The van der Waals surface area contributed by atoms with Gasteiger partial charge in [-0.3, -0.25) is 0 Å². The summed E-state index contributed by atoms with van der Waals surface area (Å²) in [6.07, 6.45) is 12.3. The Morgan fingerprint density at radius 1 is 1.21 bits per heavy atom. The van der Waals surface area contributed by atoms with Crippen molar-refractivity contribution in [1.29, 1.82) is 0 Å². The van der Waals surface area contributed by atoms with Crippen LogP contribution in [0.2, 0.25) is 0 Å². The van der Waals surface area contributed by atoms with E-state index in [1.807, 2.05) is 0 Å². The summed E-state index contributed by atoms with van der Waals surface area (Å²) < 4.78 is 0. The Labute approximate surface area is 118 Å². The highest BCUT2D eigenvalue weighted by atomic mass is 14.9. The molecule has 1 aromatic carbocycles. The number of nitrogens with one attached hydrogen (secondary N) is 1. The first kappa shape index (κ1) is 14.3. The van der Waals surface area contributed by atoms with Gasteiger partial charge in [0.05, 0.1) is 0 Å². The summed E-state index contributed by atoms with van der Waals surface area (Å²) in [5.74, 6) is 0. The molecule has 2 unspecified atom stereocenters. The molecule has 1 heteroatoms. The molecule has 0 spiro atoms. The normalized spacial score (nSPS) is 23.9. The van der Waals surface area contributed by atoms with E-state index in [1.165, 1.54) is 49.7 Å². The van der Waals surface area contributed by atoms with Gasteiger partial charge in [-0.1, -0.05) is 56.2 Å². The quantitative estimate of drug-likeness (QED) is 0.814. The third kappa shape index (κ3) is 4.83. The zero-order valence-corrected chi connectivity index (χ0v) is 12.4. The van der Waals surface area contributed by atoms with Crippen LogP contribution < -0.4 is 5.32 Å². The average Bonchev–Trinajstić information content (AvgIpc) is 2.44. The molecule has 1 fully saturated rings. The van der Waals surface area contributed by atoms with Crippen molar-refractivity contribution in [3.8, 4) is 0 Å². The third-order valence-corrected chi connectivity index (χ3v) is 3.97. The number of aryl methyl sites for hydroxylation is 1. The first-order chi connectivity index (χ1) is 9.28. The second-order valence-electron chi connectivity index (χ2n) is 5.81. The van der Waals surface area contributed by atoms with Gasteiger partial charge in [0.1, 0.15) is 0 Å². The van der Waals surface area contributed by atoms with Gasteiger partial charge >= 0.3 is 0 Å². The van der Waals surface area contributed by atoms with Gasteiger partial charge in [-0.15, -0.1) is 0 Å². The Morgan fingerprint density at radius 3 is 2.68 bits per heavy atom. The molecule has 0 radical (unpaired) electrons. The summed E-state index contributed by atoms with van der Waals surface area (Å²) >= 11 is 0. The lowest BCUT2D eigenvalue weighted by atomic mass is 9.98. The molecule has 2 atom stereocenters. The number of rotatable bonds is 5. The molecule has 1 heterocycles. The molecule has 0 saturated carbocycles. The lowest BCUT2D eigenvalue weighted by Gasteiger charge is -2.26. The van der Waals surface area contributed by atoms with E-state index in [9.17, 15) is 0 Å². The van der Waals surface area contributed by atoms with E-state index in [0.29, 0.717) is 12.1 Å². The predicted octanol–water partition coefficient (Wildman–Crippen LogP) is 4.57. The van der Waals surface area contributed by atoms with Crippen molar-refractivity contribution in [2.75, 3.05) is 0 Å². The molecule has 1 saturated heterocycles. The summed E-state index contributed by atoms with van der Waals surface area (Å²) in [5.41, 5.74) is 2.78. The Hall–Kier alpha value is -1.08. The maximum atomic E-state index is 3.64. The van der Waals surface area contributed by atoms with Crippen molar-refractivity contribution in [2.24, 2.45) is 0 Å². The molecule has 1 aromatic rings. The summed E-state index contributed by atoms with van der Waals surface area (Å²) in [6, 6.07) is 10.3. The van der Waals surface area contributed by atoms with Crippen LogP contribution >= 0.6 is 0 Å². The monoisotopic (exact) mass is 257 g/mol. The summed E-state index contributed by atoms with van der Waals surface area (Å²) in [4.78, 5) is 0. The fourth-order valence-corrected chi connectivity index (χ4v) is 2.73. The third-order valence-electron chi connectivity index (χ3n) is 3.97. The Morgan fingerprint density at radius 2 is 2.00 bits per heavy atom. The van der Waals surface area contributed by atoms with Crippen LogP contribution in [0.15, 0.2) is 30.3 Å². The molecule has 19 heavy (non-hydrogen) atoms. The van der Waals surface area contributed by atoms with Crippen LogP contribution in [0.25, 0.3) is 6.08 Å². The molecular formula is C18H27N. The molecule has 1 aliphatic heterocycles. The standard InChI is InChI=1S/C18H27N/c1-3-4-7-16-9-11-17(12-10-16)13-14-18-8-5-6-15(2)19-18/h9-15,18-19H,3-8H2,1-2H3/b14-13+. The lowest BCUT2D eigenvalue weighted by molar-refractivity contribution is 0.375. The molecule has 1 nitrogen and oxygen atoms in total. The van der Waals surface area contributed by atoms with Gasteiger partial charge in [-0.2, -0.15) is 0 Å². The highest BCUT2D eigenvalue weighted by Gasteiger charge is 2.14. The van der Waals surface area contributed by atoms with E-state index in [1.54, 1.807) is 0 Å². The lowest BCUT2D eigenvalue weighted by Crippen LogP contribution is -2.39. The van der Waals surface area contributed by atoms with Crippen molar-refractivity contribution in [2.45, 2.75) is 64.5 Å². The second-order valence-corrected chi connectivity index (χ2v) is 5.81. The van der Waals surface area contributed by atoms with Crippen LogP contribution in [0, 0.1) is 0 Å². The second kappa shape index (κ2) is 7.49. The number of hydrogen-bond donors (Lipinski definition) is 1. The van der Waals surface area contributed by atoms with Gasteiger partial charge < -0.3 is 5.32 Å². The molecule has 0 bridgehead atoms. The smallest absolute Gasteiger partial charge is 0.0255 e. The zero-order valence-electron chi connectivity index (χ0n) is 12.4. The van der Waals surface area contributed by atoms with Gasteiger partial charge in [0.25, 0.3) is 0 Å². The number of unbranched alkanes of at least 4 members (excludes halogenated alkanes) is 1. The maximum absolute atomic E-state index is 3.64. The molecular weight excluding hydrogens is 230 g/mol. The molecule has 1 N–H and O–H groups in total. The van der Waals surface area contributed by atoms with Crippen LogP contribution in [0.1, 0.15) is 57.1 Å². The highest BCUT2D eigenvalue weighted by molar-refractivity contribution is 5.50. The van der Waals surface area contributed by atoms with E-state index in [2.05, 4.69) is 55.6 Å². The minimum atomic E-state index is 0.559. The number of piperidine rings is 1. The van der Waals surface area contributed by atoms with Gasteiger partial charge in [0, 0.05) is 12.1 Å².